The average molecular weight is 296 g/mol. The molecule has 3 heteroatoms. The zero-order valence-corrected chi connectivity index (χ0v) is 13.3. The van der Waals surface area contributed by atoms with Gasteiger partial charge in [-0.25, -0.2) is 0 Å². The van der Waals surface area contributed by atoms with Crippen LogP contribution in [0.1, 0.15) is 18.1 Å². The Kier molecular flexibility index (Phi) is 5.73. The molecule has 2 N–H and O–H groups in total. The van der Waals surface area contributed by atoms with E-state index in [1.165, 1.54) is 5.56 Å². The van der Waals surface area contributed by atoms with Gasteiger partial charge in [0.25, 0.3) is 0 Å². The molecule has 22 heavy (non-hydrogen) atoms. The lowest BCUT2D eigenvalue weighted by Gasteiger charge is -2.28. The number of nitrogens with two attached hydrogens (primary N) is 1. The predicted octanol–water partition coefficient (Wildman–Crippen LogP) is 2.65. The van der Waals surface area contributed by atoms with Crippen molar-refractivity contribution in [1.82, 2.24) is 4.90 Å². The van der Waals surface area contributed by atoms with E-state index < -0.39 is 6.04 Å². The Morgan fingerprint density at radius 1 is 0.955 bits per heavy atom. The van der Waals surface area contributed by atoms with Gasteiger partial charge < -0.3 is 10.6 Å². The Morgan fingerprint density at radius 3 is 1.91 bits per heavy atom. The number of hydrogen-bond acceptors (Lipinski definition) is 2. The van der Waals surface area contributed by atoms with E-state index in [0.29, 0.717) is 6.42 Å². The van der Waals surface area contributed by atoms with Crippen molar-refractivity contribution in [2.45, 2.75) is 31.8 Å². The van der Waals surface area contributed by atoms with Gasteiger partial charge in [-0.15, -0.1) is 0 Å². The monoisotopic (exact) mass is 296 g/mol. The third kappa shape index (κ3) is 4.43. The number of benzene rings is 2. The first kappa shape index (κ1) is 16.2. The number of carbonyl (C=O) groups excluding carboxylic acids is 1. The molecule has 3 nitrogen and oxygen atoms in total. The predicted molar refractivity (Wildman–Crippen MR) is 90.5 cm³/mol. The summed E-state index contributed by atoms with van der Waals surface area (Å²) >= 11 is 0. The first-order valence-electron chi connectivity index (χ1n) is 7.68. The maximum atomic E-state index is 12.5. The summed E-state index contributed by atoms with van der Waals surface area (Å²) in [4.78, 5) is 14.2. The topological polar surface area (TPSA) is 46.3 Å². The standard InChI is InChI=1S/C19H24N2O/c1-15(13-16-9-5-3-6-10-16)21(2)19(22)18(20)14-17-11-7-4-8-12-17/h3-12,15,18H,13-14,20H2,1-2H3. The average Bonchev–Trinajstić information content (AvgIpc) is 2.55. The summed E-state index contributed by atoms with van der Waals surface area (Å²) in [5, 5.41) is 0. The van der Waals surface area contributed by atoms with Gasteiger partial charge >= 0.3 is 0 Å². The molecule has 0 radical (unpaired) electrons. The maximum absolute atomic E-state index is 12.5. The summed E-state index contributed by atoms with van der Waals surface area (Å²) in [6.07, 6.45) is 1.41. The summed E-state index contributed by atoms with van der Waals surface area (Å²) in [6.45, 7) is 2.06. The molecule has 0 aromatic heterocycles. The van der Waals surface area contributed by atoms with Crippen molar-refractivity contribution < 1.29 is 4.79 Å². The van der Waals surface area contributed by atoms with Crippen molar-refractivity contribution in [3.8, 4) is 0 Å². The number of rotatable bonds is 6. The fraction of sp³-hybridized carbons (Fsp3) is 0.316. The van der Waals surface area contributed by atoms with Crippen molar-refractivity contribution >= 4 is 5.91 Å². The van der Waals surface area contributed by atoms with Gasteiger partial charge in [-0.1, -0.05) is 60.7 Å². The third-order valence-electron chi connectivity index (χ3n) is 4.00. The molecule has 0 saturated carbocycles. The fourth-order valence-electron chi connectivity index (χ4n) is 2.53. The van der Waals surface area contributed by atoms with Crippen LogP contribution in [0.25, 0.3) is 0 Å². The van der Waals surface area contributed by atoms with Crippen LogP contribution in [0.2, 0.25) is 0 Å². The fourth-order valence-corrected chi connectivity index (χ4v) is 2.53. The first-order chi connectivity index (χ1) is 10.6. The quantitative estimate of drug-likeness (QED) is 0.891. The molecular formula is C19H24N2O. The lowest BCUT2D eigenvalue weighted by Crippen LogP contribution is -2.47. The van der Waals surface area contributed by atoms with Gasteiger partial charge in [0.1, 0.15) is 0 Å². The van der Waals surface area contributed by atoms with E-state index in [1.54, 1.807) is 4.90 Å². The molecule has 116 valence electrons. The molecule has 0 fully saturated rings. The molecule has 0 heterocycles. The molecular weight excluding hydrogens is 272 g/mol. The second-order valence-corrected chi connectivity index (χ2v) is 5.78. The Hall–Kier alpha value is -2.13. The van der Waals surface area contributed by atoms with Gasteiger partial charge in [0, 0.05) is 13.1 Å². The number of likely N-dealkylation sites (N-methyl/N-ethyl adjacent to an activating group) is 1. The van der Waals surface area contributed by atoms with Crippen molar-refractivity contribution in [2.75, 3.05) is 7.05 Å². The smallest absolute Gasteiger partial charge is 0.239 e. The zero-order chi connectivity index (χ0) is 15.9. The molecule has 2 unspecified atom stereocenters. The van der Waals surface area contributed by atoms with Crippen LogP contribution in [0, 0.1) is 0 Å². The van der Waals surface area contributed by atoms with E-state index >= 15 is 0 Å². The van der Waals surface area contributed by atoms with Crippen molar-refractivity contribution in [3.63, 3.8) is 0 Å². The highest BCUT2D eigenvalue weighted by molar-refractivity contribution is 5.82. The van der Waals surface area contributed by atoms with Gasteiger partial charge in [0.2, 0.25) is 5.91 Å². The highest BCUT2D eigenvalue weighted by Gasteiger charge is 2.22. The van der Waals surface area contributed by atoms with Crippen LogP contribution in [-0.2, 0) is 17.6 Å². The van der Waals surface area contributed by atoms with Gasteiger partial charge in [-0.2, -0.15) is 0 Å². The van der Waals surface area contributed by atoms with E-state index in [4.69, 9.17) is 5.73 Å². The highest BCUT2D eigenvalue weighted by Crippen LogP contribution is 2.10. The van der Waals surface area contributed by atoms with E-state index in [1.807, 2.05) is 55.6 Å². The maximum Gasteiger partial charge on any atom is 0.239 e. The van der Waals surface area contributed by atoms with Crippen molar-refractivity contribution in [1.29, 1.82) is 0 Å². The van der Waals surface area contributed by atoms with Crippen LogP contribution in [-0.4, -0.2) is 29.9 Å². The van der Waals surface area contributed by atoms with Crippen molar-refractivity contribution in [2.24, 2.45) is 5.73 Å². The minimum atomic E-state index is -0.495. The van der Waals surface area contributed by atoms with Crippen molar-refractivity contribution in [3.05, 3.63) is 71.8 Å². The van der Waals surface area contributed by atoms with Gasteiger partial charge in [-0.3, -0.25) is 4.79 Å². The zero-order valence-electron chi connectivity index (χ0n) is 13.3. The summed E-state index contributed by atoms with van der Waals surface area (Å²) in [5.41, 5.74) is 8.41. The summed E-state index contributed by atoms with van der Waals surface area (Å²) in [5.74, 6) is -0.00714. The van der Waals surface area contributed by atoms with Gasteiger partial charge in [0.05, 0.1) is 6.04 Å². The normalized spacial score (nSPS) is 13.4. The Morgan fingerprint density at radius 2 is 1.41 bits per heavy atom. The number of carbonyl (C=O) groups is 1. The number of amides is 1. The SMILES string of the molecule is CC(Cc1ccccc1)N(C)C(=O)C(N)Cc1ccccc1. The lowest BCUT2D eigenvalue weighted by molar-refractivity contribution is -0.133. The number of nitrogens with zero attached hydrogens (tertiary/aromatic N) is 1. The second-order valence-electron chi connectivity index (χ2n) is 5.78. The van der Waals surface area contributed by atoms with Crippen LogP contribution in [0.4, 0.5) is 0 Å². The van der Waals surface area contributed by atoms with Crippen LogP contribution >= 0.6 is 0 Å². The van der Waals surface area contributed by atoms with Crippen LogP contribution < -0.4 is 5.73 Å². The van der Waals surface area contributed by atoms with Gasteiger partial charge in [0.15, 0.2) is 0 Å². The first-order valence-corrected chi connectivity index (χ1v) is 7.68. The lowest BCUT2D eigenvalue weighted by atomic mass is 10.0. The highest BCUT2D eigenvalue weighted by atomic mass is 16.2. The molecule has 2 aromatic rings. The minimum absolute atomic E-state index is 0.00714. The Balaban J connectivity index is 1.93. The Labute approximate surface area is 132 Å². The second kappa shape index (κ2) is 7.76. The van der Waals surface area contributed by atoms with Crippen LogP contribution in [0.5, 0.6) is 0 Å². The van der Waals surface area contributed by atoms with E-state index in [2.05, 4.69) is 19.1 Å². The molecule has 0 aliphatic heterocycles. The summed E-state index contributed by atoms with van der Waals surface area (Å²) in [7, 11) is 1.83. The van der Waals surface area contributed by atoms with E-state index in [9.17, 15) is 4.79 Å². The molecule has 0 aliphatic rings. The summed E-state index contributed by atoms with van der Waals surface area (Å²) < 4.78 is 0. The molecule has 0 aliphatic carbocycles. The molecule has 2 rings (SSSR count). The minimum Gasteiger partial charge on any atom is -0.341 e. The van der Waals surface area contributed by atoms with Crippen LogP contribution in [0.15, 0.2) is 60.7 Å². The molecule has 1 amide bonds. The molecule has 0 spiro atoms. The Bertz CT molecular complexity index is 583. The molecule has 2 aromatic carbocycles. The largest absolute Gasteiger partial charge is 0.341 e. The van der Waals surface area contributed by atoms with Crippen LogP contribution in [0.3, 0.4) is 0 Å². The van der Waals surface area contributed by atoms with E-state index in [0.717, 1.165) is 12.0 Å². The molecule has 2 atom stereocenters. The number of hydrogen-bond donors (Lipinski definition) is 1. The third-order valence-corrected chi connectivity index (χ3v) is 4.00. The molecule has 0 saturated heterocycles. The van der Waals surface area contributed by atoms with Gasteiger partial charge in [-0.05, 0) is 30.9 Å². The molecule has 0 bridgehead atoms. The summed E-state index contributed by atoms with van der Waals surface area (Å²) in [6, 6.07) is 19.7. The van der Waals surface area contributed by atoms with E-state index in [-0.39, 0.29) is 11.9 Å².